The lowest BCUT2D eigenvalue weighted by atomic mass is 10.2. The van der Waals surface area contributed by atoms with Crippen LogP contribution in [0.1, 0.15) is 17.4 Å². The summed E-state index contributed by atoms with van der Waals surface area (Å²) in [6, 6.07) is 0. The second-order valence-corrected chi connectivity index (χ2v) is 5.17. The van der Waals surface area contributed by atoms with Crippen LogP contribution in [-0.2, 0) is 13.0 Å². The summed E-state index contributed by atoms with van der Waals surface area (Å²) in [5.74, 6) is 0. The minimum absolute atomic E-state index is 0.323. The van der Waals surface area contributed by atoms with E-state index in [2.05, 4.69) is 9.97 Å². The first-order valence-electron chi connectivity index (χ1n) is 5.03. The van der Waals surface area contributed by atoms with Crippen molar-refractivity contribution in [1.29, 1.82) is 0 Å². The highest BCUT2D eigenvalue weighted by atomic mass is 35.5. The molecule has 0 aromatic carbocycles. The molecule has 2 aromatic rings. The number of aromatic nitrogens is 3. The molecular formula is C10H10ClN3O2S. The van der Waals surface area contributed by atoms with Crippen molar-refractivity contribution in [2.75, 3.05) is 0 Å². The van der Waals surface area contributed by atoms with Crippen LogP contribution < -0.4 is 11.2 Å². The van der Waals surface area contributed by atoms with Crippen molar-refractivity contribution in [3.8, 4) is 0 Å². The second kappa shape index (κ2) is 4.85. The lowest BCUT2D eigenvalue weighted by molar-refractivity contribution is 0.714. The average Bonchev–Trinajstić information content (AvgIpc) is 2.68. The monoisotopic (exact) mass is 271 g/mol. The van der Waals surface area contributed by atoms with Gasteiger partial charge in [0, 0.05) is 22.8 Å². The second-order valence-electron chi connectivity index (χ2n) is 3.47. The summed E-state index contributed by atoms with van der Waals surface area (Å²) in [7, 11) is 0. The van der Waals surface area contributed by atoms with E-state index in [0.717, 1.165) is 4.88 Å². The Morgan fingerprint density at radius 1 is 1.53 bits per heavy atom. The van der Waals surface area contributed by atoms with Crippen molar-refractivity contribution < 1.29 is 0 Å². The Hall–Kier alpha value is -1.40. The number of nitrogens with one attached hydrogen (secondary N) is 1. The maximum absolute atomic E-state index is 11.6. The Morgan fingerprint density at radius 2 is 2.29 bits per heavy atom. The molecule has 2 aromatic heterocycles. The van der Waals surface area contributed by atoms with Crippen molar-refractivity contribution in [2.45, 2.75) is 19.9 Å². The van der Waals surface area contributed by atoms with Gasteiger partial charge in [-0.1, -0.05) is 18.5 Å². The standard InChI is InChI=1S/C10H10ClN3O2S/c1-2-6-4-14(10(16)13-8(6)15)5-7-3-12-9(11)17-7/h3-4H,2,5H2,1H3,(H,13,15,16). The zero-order chi connectivity index (χ0) is 12.4. The molecule has 0 bridgehead atoms. The molecule has 0 amide bonds. The Morgan fingerprint density at radius 3 is 2.88 bits per heavy atom. The molecule has 17 heavy (non-hydrogen) atoms. The number of halogens is 1. The average molecular weight is 272 g/mol. The van der Waals surface area contributed by atoms with Crippen LogP contribution in [0.3, 0.4) is 0 Å². The minimum Gasteiger partial charge on any atom is -0.295 e. The van der Waals surface area contributed by atoms with Gasteiger partial charge in [0.15, 0.2) is 4.47 Å². The molecule has 0 fully saturated rings. The number of rotatable bonds is 3. The van der Waals surface area contributed by atoms with Gasteiger partial charge in [0.25, 0.3) is 5.56 Å². The predicted molar refractivity (Wildman–Crippen MR) is 66.9 cm³/mol. The highest BCUT2D eigenvalue weighted by Gasteiger charge is 2.05. The smallest absolute Gasteiger partial charge is 0.295 e. The molecule has 1 N–H and O–H groups in total. The number of H-pyrrole nitrogens is 1. The van der Waals surface area contributed by atoms with Gasteiger partial charge < -0.3 is 0 Å². The molecule has 0 atom stereocenters. The van der Waals surface area contributed by atoms with Gasteiger partial charge in [-0.05, 0) is 6.42 Å². The van der Waals surface area contributed by atoms with Crippen LogP contribution in [0.5, 0.6) is 0 Å². The molecule has 0 aliphatic heterocycles. The number of nitrogens with zero attached hydrogens (tertiary/aromatic N) is 2. The van der Waals surface area contributed by atoms with Crippen LogP contribution in [0, 0.1) is 0 Å². The topological polar surface area (TPSA) is 67.8 Å². The third kappa shape index (κ3) is 2.65. The first-order valence-corrected chi connectivity index (χ1v) is 6.22. The van der Waals surface area contributed by atoms with Crippen molar-refractivity contribution in [1.82, 2.24) is 14.5 Å². The third-order valence-electron chi connectivity index (χ3n) is 2.32. The Labute approximate surface area is 106 Å². The van der Waals surface area contributed by atoms with Gasteiger partial charge >= 0.3 is 5.69 Å². The number of thiazole rings is 1. The SMILES string of the molecule is CCc1cn(Cc2cnc(Cl)s2)c(=O)[nH]c1=O. The molecule has 2 heterocycles. The molecule has 0 unspecified atom stereocenters. The largest absolute Gasteiger partial charge is 0.328 e. The van der Waals surface area contributed by atoms with Crippen LogP contribution in [-0.4, -0.2) is 14.5 Å². The molecule has 0 aliphatic carbocycles. The molecule has 0 spiro atoms. The summed E-state index contributed by atoms with van der Waals surface area (Å²) in [4.78, 5) is 30.0. The number of hydrogen-bond donors (Lipinski definition) is 1. The molecule has 7 heteroatoms. The quantitative estimate of drug-likeness (QED) is 0.914. The van der Waals surface area contributed by atoms with E-state index in [1.807, 2.05) is 6.92 Å². The molecule has 0 aliphatic rings. The van der Waals surface area contributed by atoms with Crippen molar-refractivity contribution in [3.05, 3.63) is 48.1 Å². The highest BCUT2D eigenvalue weighted by Crippen LogP contribution is 2.17. The van der Waals surface area contributed by atoms with Crippen molar-refractivity contribution in [2.24, 2.45) is 0 Å². The summed E-state index contributed by atoms with van der Waals surface area (Å²) >= 11 is 7.02. The molecule has 90 valence electrons. The molecule has 0 saturated heterocycles. The fourth-order valence-corrected chi connectivity index (χ4v) is 2.43. The Balaban J connectivity index is 2.39. The maximum Gasteiger partial charge on any atom is 0.328 e. The Kier molecular flexibility index (Phi) is 3.44. The van der Waals surface area contributed by atoms with Gasteiger partial charge in [0.1, 0.15) is 0 Å². The normalized spacial score (nSPS) is 10.7. The summed E-state index contributed by atoms with van der Waals surface area (Å²) < 4.78 is 1.89. The predicted octanol–water partition coefficient (Wildman–Crippen LogP) is 1.26. The molecule has 2 rings (SSSR count). The van der Waals surface area contributed by atoms with Crippen LogP contribution in [0.15, 0.2) is 22.0 Å². The van der Waals surface area contributed by atoms with E-state index in [1.165, 1.54) is 15.9 Å². The fourth-order valence-electron chi connectivity index (χ4n) is 1.45. The summed E-state index contributed by atoms with van der Waals surface area (Å²) in [6.07, 6.45) is 3.78. The third-order valence-corrected chi connectivity index (χ3v) is 3.42. The van der Waals surface area contributed by atoms with Gasteiger partial charge in [0.2, 0.25) is 0 Å². The fraction of sp³-hybridized carbons (Fsp3) is 0.300. The van der Waals surface area contributed by atoms with Crippen LogP contribution in [0.4, 0.5) is 0 Å². The zero-order valence-electron chi connectivity index (χ0n) is 9.07. The Bertz CT molecular complexity index is 643. The van der Waals surface area contributed by atoms with Gasteiger partial charge in [-0.25, -0.2) is 9.78 Å². The summed E-state index contributed by atoms with van der Waals surface area (Å²) in [6.45, 7) is 2.23. The van der Waals surface area contributed by atoms with Gasteiger partial charge in [0.05, 0.1) is 6.54 Å². The molecular weight excluding hydrogens is 262 g/mol. The van der Waals surface area contributed by atoms with Crippen molar-refractivity contribution >= 4 is 22.9 Å². The summed E-state index contributed by atoms with van der Waals surface area (Å²) in [5.41, 5.74) is -0.159. The van der Waals surface area contributed by atoms with E-state index in [4.69, 9.17) is 11.6 Å². The number of aromatic amines is 1. The zero-order valence-corrected chi connectivity index (χ0v) is 10.6. The van der Waals surface area contributed by atoms with Gasteiger partial charge in [-0.2, -0.15) is 0 Å². The molecule has 0 radical (unpaired) electrons. The van der Waals surface area contributed by atoms with Gasteiger partial charge in [-0.15, -0.1) is 11.3 Å². The van der Waals surface area contributed by atoms with E-state index in [1.54, 1.807) is 12.4 Å². The maximum atomic E-state index is 11.6. The molecule has 0 saturated carbocycles. The first kappa shape index (κ1) is 12.1. The van der Waals surface area contributed by atoms with E-state index >= 15 is 0 Å². The van der Waals surface area contributed by atoms with Crippen molar-refractivity contribution in [3.63, 3.8) is 0 Å². The van der Waals surface area contributed by atoms with Crippen LogP contribution >= 0.6 is 22.9 Å². The molecule has 5 nitrogen and oxygen atoms in total. The number of aryl methyl sites for hydroxylation is 1. The minimum atomic E-state index is -0.420. The lowest BCUT2D eigenvalue weighted by Gasteiger charge is -2.04. The number of hydrogen-bond acceptors (Lipinski definition) is 4. The van der Waals surface area contributed by atoms with E-state index in [0.29, 0.717) is 23.0 Å². The lowest BCUT2D eigenvalue weighted by Crippen LogP contribution is -2.31. The van der Waals surface area contributed by atoms with Crippen LogP contribution in [0.25, 0.3) is 0 Å². The van der Waals surface area contributed by atoms with Gasteiger partial charge in [-0.3, -0.25) is 14.3 Å². The van der Waals surface area contributed by atoms with E-state index in [-0.39, 0.29) is 5.56 Å². The highest BCUT2D eigenvalue weighted by molar-refractivity contribution is 7.15. The van der Waals surface area contributed by atoms with Crippen LogP contribution in [0.2, 0.25) is 4.47 Å². The summed E-state index contributed by atoms with van der Waals surface area (Å²) in [5, 5.41) is 0. The van der Waals surface area contributed by atoms with E-state index < -0.39 is 5.69 Å². The van der Waals surface area contributed by atoms with E-state index in [9.17, 15) is 9.59 Å². The first-order chi connectivity index (χ1) is 8.10.